The summed E-state index contributed by atoms with van der Waals surface area (Å²) in [5.41, 5.74) is 5.98. The van der Waals surface area contributed by atoms with E-state index in [0.29, 0.717) is 18.2 Å². The third kappa shape index (κ3) is 7.50. The molecule has 0 aromatic heterocycles. The van der Waals surface area contributed by atoms with Gasteiger partial charge in [0.2, 0.25) is 0 Å². The van der Waals surface area contributed by atoms with E-state index in [9.17, 15) is 0 Å². The Balaban J connectivity index is 3.01. The highest BCUT2D eigenvalue weighted by molar-refractivity contribution is 4.88. The second kappa shape index (κ2) is 4.39. The summed E-state index contributed by atoms with van der Waals surface area (Å²) >= 11 is 0. The first-order valence-corrected chi connectivity index (χ1v) is 3.10. The molecule has 0 heterocycles. The van der Waals surface area contributed by atoms with Crippen LogP contribution < -0.4 is 11.1 Å². The summed E-state index contributed by atoms with van der Waals surface area (Å²) < 4.78 is 0. The van der Waals surface area contributed by atoms with E-state index >= 15 is 0 Å². The summed E-state index contributed by atoms with van der Waals surface area (Å²) in [4.78, 5) is 0. The lowest BCUT2D eigenvalue weighted by molar-refractivity contribution is 0.614. The molecule has 2 nitrogen and oxygen atoms in total. The number of hydrogen-bond acceptors (Lipinski definition) is 2. The fourth-order valence-electron chi connectivity index (χ4n) is 0.479. The molecular weight excluding hydrogens is 112 g/mol. The highest BCUT2D eigenvalue weighted by Gasteiger charge is 1.91. The molecule has 3 N–H and O–H groups in total. The van der Waals surface area contributed by atoms with Crippen molar-refractivity contribution < 1.29 is 0 Å². The van der Waals surface area contributed by atoms with Gasteiger partial charge in [0.1, 0.15) is 0 Å². The molecule has 0 rings (SSSR count). The highest BCUT2D eigenvalue weighted by Crippen LogP contribution is 1.85. The van der Waals surface area contributed by atoms with Crippen LogP contribution in [-0.2, 0) is 0 Å². The van der Waals surface area contributed by atoms with E-state index < -0.39 is 0 Å². The fourth-order valence-corrected chi connectivity index (χ4v) is 0.479. The smallest absolute Gasteiger partial charge is 0.0345 e. The molecule has 1 atom stereocenters. The van der Waals surface area contributed by atoms with Gasteiger partial charge in [0.25, 0.3) is 0 Å². The van der Waals surface area contributed by atoms with Crippen LogP contribution in [0.15, 0.2) is 12.3 Å². The lowest BCUT2D eigenvalue weighted by Crippen LogP contribution is -2.24. The van der Waals surface area contributed by atoms with Crippen molar-refractivity contribution in [3.63, 3.8) is 0 Å². The second-order valence-electron chi connectivity index (χ2n) is 2.39. The van der Waals surface area contributed by atoms with Crippen LogP contribution in [0.1, 0.15) is 6.92 Å². The van der Waals surface area contributed by atoms with Gasteiger partial charge in [-0.1, -0.05) is 13.5 Å². The van der Waals surface area contributed by atoms with E-state index in [-0.39, 0.29) is 0 Å². The van der Waals surface area contributed by atoms with Crippen LogP contribution in [0, 0.1) is 12.8 Å². The van der Waals surface area contributed by atoms with E-state index in [2.05, 4.69) is 18.8 Å². The van der Waals surface area contributed by atoms with Crippen LogP contribution in [0.2, 0.25) is 0 Å². The Hall–Kier alpha value is -0.500. The fraction of sp³-hybridized carbons (Fsp3) is 0.571. The molecule has 0 spiro atoms. The normalized spacial score (nSPS) is 10.1. The van der Waals surface area contributed by atoms with Crippen LogP contribution in [-0.4, -0.2) is 13.1 Å². The minimum atomic E-state index is 0.435. The first-order chi connectivity index (χ1) is 4.13. The molecule has 1 unspecified atom stereocenters. The summed E-state index contributed by atoms with van der Waals surface area (Å²) in [7, 11) is 0. The molecule has 0 bridgehead atoms. The molecule has 0 aliphatic carbocycles. The third-order valence-electron chi connectivity index (χ3n) is 0.845. The molecule has 9 heavy (non-hydrogen) atoms. The van der Waals surface area contributed by atoms with Gasteiger partial charge < -0.3 is 11.1 Å². The van der Waals surface area contributed by atoms with Crippen molar-refractivity contribution in [2.24, 2.45) is 11.7 Å². The average molecular weight is 127 g/mol. The first-order valence-electron chi connectivity index (χ1n) is 3.10. The van der Waals surface area contributed by atoms with Gasteiger partial charge in [-0.2, -0.15) is 0 Å². The first kappa shape index (κ1) is 8.50. The summed E-state index contributed by atoms with van der Waals surface area (Å²) in [6, 6.07) is 0. The zero-order valence-electron chi connectivity index (χ0n) is 5.98. The van der Waals surface area contributed by atoms with Gasteiger partial charge in [0, 0.05) is 12.2 Å². The zero-order chi connectivity index (χ0) is 7.28. The third-order valence-corrected chi connectivity index (χ3v) is 0.845. The van der Waals surface area contributed by atoms with Crippen molar-refractivity contribution in [2.45, 2.75) is 6.92 Å². The molecule has 1 radical (unpaired) electrons. The monoisotopic (exact) mass is 127 g/mol. The van der Waals surface area contributed by atoms with Crippen molar-refractivity contribution in [3.8, 4) is 0 Å². The van der Waals surface area contributed by atoms with Crippen LogP contribution in [0.3, 0.4) is 0 Å². The second-order valence-corrected chi connectivity index (χ2v) is 2.39. The largest absolute Gasteiger partial charge is 0.401 e. The molecule has 0 saturated carbocycles. The molecule has 0 saturated heterocycles. The maximum atomic E-state index is 5.30. The topological polar surface area (TPSA) is 38.0 Å². The van der Waals surface area contributed by atoms with E-state index in [0.717, 1.165) is 6.54 Å². The van der Waals surface area contributed by atoms with Gasteiger partial charge in [-0.25, -0.2) is 0 Å². The minimum absolute atomic E-state index is 0.435. The van der Waals surface area contributed by atoms with Crippen molar-refractivity contribution in [2.75, 3.05) is 13.1 Å². The van der Waals surface area contributed by atoms with Crippen LogP contribution in [0.25, 0.3) is 0 Å². The van der Waals surface area contributed by atoms with E-state index in [1.165, 1.54) is 0 Å². The number of hydrogen-bond donors (Lipinski definition) is 2. The molecule has 0 aromatic carbocycles. The van der Waals surface area contributed by atoms with E-state index in [1.54, 1.807) is 0 Å². The number of rotatable bonds is 4. The SMILES string of the molecule is [CH2]C(C)CNCC(=C)N. The molecule has 0 aromatic rings. The van der Waals surface area contributed by atoms with Gasteiger partial charge in [0.15, 0.2) is 0 Å². The average Bonchev–Trinajstić information content (AvgIpc) is 1.63. The predicted molar refractivity (Wildman–Crippen MR) is 40.7 cm³/mol. The number of nitrogens with one attached hydrogen (secondary N) is 1. The minimum Gasteiger partial charge on any atom is -0.401 e. The lowest BCUT2D eigenvalue weighted by Gasteiger charge is -2.05. The summed E-state index contributed by atoms with van der Waals surface area (Å²) in [6.07, 6.45) is 0. The Kier molecular flexibility index (Phi) is 4.14. The van der Waals surface area contributed by atoms with Crippen LogP contribution in [0.4, 0.5) is 0 Å². The van der Waals surface area contributed by atoms with E-state index in [4.69, 9.17) is 5.73 Å². The van der Waals surface area contributed by atoms with Crippen LogP contribution >= 0.6 is 0 Å². The Labute approximate surface area is 57.1 Å². The zero-order valence-corrected chi connectivity index (χ0v) is 5.98. The predicted octanol–water partition coefficient (Wildman–Crippen LogP) is 0.519. The molecule has 0 aliphatic rings. The molecule has 0 aliphatic heterocycles. The highest BCUT2D eigenvalue weighted by atomic mass is 14.9. The summed E-state index contributed by atoms with van der Waals surface area (Å²) in [5.74, 6) is 0.435. The Morgan fingerprint density at radius 1 is 1.78 bits per heavy atom. The molecule has 2 heteroatoms. The standard InChI is InChI=1S/C7H15N2/c1-6(2)4-9-5-7(3)8/h6,9H,1,3-5,8H2,2H3. The molecule has 0 fully saturated rings. The summed E-state index contributed by atoms with van der Waals surface area (Å²) in [5, 5.41) is 3.10. The Morgan fingerprint density at radius 3 is 2.67 bits per heavy atom. The van der Waals surface area contributed by atoms with Crippen molar-refractivity contribution >= 4 is 0 Å². The molecule has 53 valence electrons. The van der Waals surface area contributed by atoms with Crippen molar-refractivity contribution in [3.05, 3.63) is 19.2 Å². The molecular formula is C7H15N2. The maximum Gasteiger partial charge on any atom is 0.0345 e. The number of nitrogens with two attached hydrogens (primary N) is 1. The maximum absolute atomic E-state index is 5.30. The summed E-state index contributed by atoms with van der Waals surface area (Å²) in [6.45, 7) is 11.0. The Morgan fingerprint density at radius 2 is 2.33 bits per heavy atom. The van der Waals surface area contributed by atoms with Crippen molar-refractivity contribution in [1.82, 2.24) is 5.32 Å². The quantitative estimate of drug-likeness (QED) is 0.577. The van der Waals surface area contributed by atoms with E-state index in [1.807, 2.05) is 6.92 Å². The lowest BCUT2D eigenvalue weighted by atomic mass is 10.2. The van der Waals surface area contributed by atoms with Crippen LogP contribution in [0.5, 0.6) is 0 Å². The van der Waals surface area contributed by atoms with Gasteiger partial charge in [-0.3, -0.25) is 0 Å². The van der Waals surface area contributed by atoms with Gasteiger partial charge >= 0.3 is 0 Å². The molecule has 0 amide bonds. The van der Waals surface area contributed by atoms with Gasteiger partial charge in [-0.15, -0.1) is 0 Å². The Bertz CT molecular complexity index is 86.9. The van der Waals surface area contributed by atoms with Crippen molar-refractivity contribution in [1.29, 1.82) is 0 Å². The van der Waals surface area contributed by atoms with Gasteiger partial charge in [-0.05, 0) is 19.4 Å². The van der Waals surface area contributed by atoms with Gasteiger partial charge in [0.05, 0.1) is 0 Å².